The molecule has 0 fully saturated rings. The minimum Gasteiger partial charge on any atom is -0.494 e. The molecule has 0 radical (unpaired) electrons. The van der Waals surface area contributed by atoms with Gasteiger partial charge < -0.3 is 15.8 Å². The van der Waals surface area contributed by atoms with E-state index in [1.807, 2.05) is 48.5 Å². The van der Waals surface area contributed by atoms with E-state index in [2.05, 4.69) is 12.2 Å². The summed E-state index contributed by atoms with van der Waals surface area (Å²) in [6.45, 7) is 2.76. The second-order valence-electron chi connectivity index (χ2n) is 5.12. The zero-order valence-corrected chi connectivity index (χ0v) is 14.1. The van der Waals surface area contributed by atoms with Crippen molar-refractivity contribution >= 4 is 29.7 Å². The van der Waals surface area contributed by atoms with Crippen LogP contribution in [0.3, 0.4) is 0 Å². The molecule has 0 bridgehead atoms. The van der Waals surface area contributed by atoms with Crippen molar-refractivity contribution < 1.29 is 9.53 Å². The average Bonchev–Trinajstić information content (AvgIpc) is 2.53. The lowest BCUT2D eigenvalue weighted by molar-refractivity contribution is -0.116. The number of nitrogens with two attached hydrogens (primary N) is 1. The summed E-state index contributed by atoms with van der Waals surface area (Å²) in [5.41, 5.74) is 8.37. The number of amides is 1. The van der Waals surface area contributed by atoms with Crippen LogP contribution in [0.1, 0.15) is 25.3 Å². The molecule has 0 saturated carbocycles. The van der Waals surface area contributed by atoms with Gasteiger partial charge in [-0.3, -0.25) is 4.79 Å². The highest BCUT2D eigenvalue weighted by molar-refractivity contribution is 5.90. The number of nitrogens with one attached hydrogen (secondary N) is 1. The normalized spacial score (nSPS) is 9.78. The molecular weight excluding hydrogens is 312 g/mol. The summed E-state index contributed by atoms with van der Waals surface area (Å²) in [7, 11) is 0. The van der Waals surface area contributed by atoms with E-state index in [4.69, 9.17) is 10.5 Å². The molecule has 3 N–H and O–H groups in total. The Hall–Kier alpha value is -2.20. The lowest BCUT2D eigenvalue weighted by atomic mass is 10.1. The van der Waals surface area contributed by atoms with E-state index in [9.17, 15) is 4.79 Å². The number of halogens is 1. The van der Waals surface area contributed by atoms with Gasteiger partial charge in [0, 0.05) is 17.8 Å². The first-order valence-corrected chi connectivity index (χ1v) is 7.55. The van der Waals surface area contributed by atoms with Gasteiger partial charge in [-0.2, -0.15) is 0 Å². The van der Waals surface area contributed by atoms with Crippen LogP contribution in [0.15, 0.2) is 48.5 Å². The maximum atomic E-state index is 12.0. The summed E-state index contributed by atoms with van der Waals surface area (Å²) in [6, 6.07) is 15.0. The van der Waals surface area contributed by atoms with Crippen LogP contribution >= 0.6 is 12.4 Å². The Labute approximate surface area is 143 Å². The zero-order chi connectivity index (χ0) is 15.8. The molecule has 0 saturated heterocycles. The van der Waals surface area contributed by atoms with Gasteiger partial charge in [0.05, 0.1) is 6.61 Å². The molecular formula is C18H23ClN2O2. The minimum absolute atomic E-state index is 0. The molecule has 124 valence electrons. The Kier molecular flexibility index (Phi) is 7.98. The van der Waals surface area contributed by atoms with Crippen molar-refractivity contribution in [1.82, 2.24) is 0 Å². The molecule has 2 aromatic carbocycles. The van der Waals surface area contributed by atoms with Crippen LogP contribution in [0.4, 0.5) is 11.4 Å². The van der Waals surface area contributed by atoms with Crippen LogP contribution in [0, 0.1) is 0 Å². The van der Waals surface area contributed by atoms with Crippen molar-refractivity contribution in [2.75, 3.05) is 17.7 Å². The molecule has 0 atom stereocenters. The number of nitrogen functional groups attached to an aromatic ring is 1. The molecule has 0 aliphatic heterocycles. The second-order valence-corrected chi connectivity index (χ2v) is 5.12. The molecule has 0 aliphatic rings. The van der Waals surface area contributed by atoms with Gasteiger partial charge in [0.2, 0.25) is 5.91 Å². The maximum absolute atomic E-state index is 12.0. The molecule has 5 heteroatoms. The SMILES string of the molecule is CCCOc1ccc(NC(=O)CCc2ccccc2N)cc1.Cl. The topological polar surface area (TPSA) is 64.3 Å². The Bertz CT molecular complexity index is 615. The van der Waals surface area contributed by atoms with E-state index in [0.29, 0.717) is 19.4 Å². The summed E-state index contributed by atoms with van der Waals surface area (Å²) in [5, 5.41) is 2.88. The van der Waals surface area contributed by atoms with Crippen LogP contribution < -0.4 is 15.8 Å². The van der Waals surface area contributed by atoms with E-state index in [1.54, 1.807) is 0 Å². The van der Waals surface area contributed by atoms with Crippen molar-refractivity contribution in [2.45, 2.75) is 26.2 Å². The number of hydrogen-bond acceptors (Lipinski definition) is 3. The van der Waals surface area contributed by atoms with Gasteiger partial charge in [-0.05, 0) is 48.7 Å². The number of ether oxygens (including phenoxy) is 1. The number of carbonyl (C=O) groups excluding carboxylic acids is 1. The highest BCUT2D eigenvalue weighted by Gasteiger charge is 2.05. The van der Waals surface area contributed by atoms with E-state index in [1.165, 1.54) is 0 Å². The van der Waals surface area contributed by atoms with Gasteiger partial charge in [-0.1, -0.05) is 25.1 Å². The number of carbonyl (C=O) groups is 1. The first-order chi connectivity index (χ1) is 10.7. The summed E-state index contributed by atoms with van der Waals surface area (Å²) in [6.07, 6.45) is 2.01. The third-order valence-corrected chi connectivity index (χ3v) is 3.29. The predicted molar refractivity (Wildman–Crippen MR) is 97.3 cm³/mol. The first kappa shape index (κ1) is 18.8. The van der Waals surface area contributed by atoms with Crippen molar-refractivity contribution in [3.8, 4) is 5.75 Å². The summed E-state index contributed by atoms with van der Waals surface area (Å²) in [5.74, 6) is 0.794. The fourth-order valence-electron chi connectivity index (χ4n) is 2.09. The van der Waals surface area contributed by atoms with Crippen molar-refractivity contribution in [3.63, 3.8) is 0 Å². The van der Waals surface area contributed by atoms with Gasteiger partial charge >= 0.3 is 0 Å². The zero-order valence-electron chi connectivity index (χ0n) is 13.2. The standard InChI is InChI=1S/C18H22N2O2.ClH/c1-2-13-22-16-10-8-15(9-11-16)20-18(21)12-7-14-5-3-4-6-17(14)19;/h3-6,8-11H,2,7,12-13,19H2,1H3,(H,20,21);1H. The Morgan fingerprint density at radius 1 is 1.13 bits per heavy atom. The first-order valence-electron chi connectivity index (χ1n) is 7.55. The van der Waals surface area contributed by atoms with Crippen LogP contribution in [0.25, 0.3) is 0 Å². The highest BCUT2D eigenvalue weighted by Crippen LogP contribution is 2.17. The lowest BCUT2D eigenvalue weighted by Gasteiger charge is -2.08. The number of hydrogen-bond donors (Lipinski definition) is 2. The van der Waals surface area contributed by atoms with Gasteiger partial charge in [0.1, 0.15) is 5.75 Å². The van der Waals surface area contributed by atoms with Crippen LogP contribution in [-0.4, -0.2) is 12.5 Å². The smallest absolute Gasteiger partial charge is 0.224 e. The quantitative estimate of drug-likeness (QED) is 0.751. The fraction of sp³-hybridized carbons (Fsp3) is 0.278. The molecule has 0 aromatic heterocycles. The molecule has 4 nitrogen and oxygen atoms in total. The van der Waals surface area contributed by atoms with Crippen molar-refractivity contribution in [1.29, 1.82) is 0 Å². The predicted octanol–water partition coefficient (Wildman–Crippen LogP) is 4.05. The number of aryl methyl sites for hydroxylation is 1. The van der Waals surface area contributed by atoms with Gasteiger partial charge in [0.15, 0.2) is 0 Å². The van der Waals surface area contributed by atoms with Crippen molar-refractivity contribution in [3.05, 3.63) is 54.1 Å². The van der Waals surface area contributed by atoms with Crippen LogP contribution in [0.2, 0.25) is 0 Å². The largest absolute Gasteiger partial charge is 0.494 e. The van der Waals surface area contributed by atoms with Crippen LogP contribution in [0.5, 0.6) is 5.75 Å². The Morgan fingerprint density at radius 2 is 1.83 bits per heavy atom. The Balaban J connectivity index is 0.00000264. The molecule has 0 spiro atoms. The lowest BCUT2D eigenvalue weighted by Crippen LogP contribution is -2.12. The van der Waals surface area contributed by atoms with Crippen LogP contribution in [-0.2, 0) is 11.2 Å². The molecule has 23 heavy (non-hydrogen) atoms. The van der Waals surface area contributed by atoms with E-state index in [0.717, 1.165) is 29.1 Å². The van der Waals surface area contributed by atoms with Gasteiger partial charge in [-0.25, -0.2) is 0 Å². The third kappa shape index (κ3) is 6.20. The highest BCUT2D eigenvalue weighted by atomic mass is 35.5. The number of anilines is 2. The third-order valence-electron chi connectivity index (χ3n) is 3.29. The van der Waals surface area contributed by atoms with E-state index < -0.39 is 0 Å². The molecule has 0 heterocycles. The minimum atomic E-state index is -0.0227. The van der Waals surface area contributed by atoms with Gasteiger partial charge in [-0.15, -0.1) is 12.4 Å². The molecule has 1 amide bonds. The summed E-state index contributed by atoms with van der Waals surface area (Å²) in [4.78, 5) is 12.0. The number of rotatable bonds is 7. The molecule has 2 aromatic rings. The molecule has 0 aliphatic carbocycles. The fourth-order valence-corrected chi connectivity index (χ4v) is 2.09. The molecule has 0 unspecified atom stereocenters. The van der Waals surface area contributed by atoms with Gasteiger partial charge in [0.25, 0.3) is 0 Å². The van der Waals surface area contributed by atoms with Crippen molar-refractivity contribution in [2.24, 2.45) is 0 Å². The second kappa shape index (κ2) is 9.74. The van der Waals surface area contributed by atoms with E-state index in [-0.39, 0.29) is 18.3 Å². The monoisotopic (exact) mass is 334 g/mol. The average molecular weight is 335 g/mol. The summed E-state index contributed by atoms with van der Waals surface area (Å²) < 4.78 is 5.51. The maximum Gasteiger partial charge on any atom is 0.224 e. The molecule has 2 rings (SSSR count). The number of benzene rings is 2. The Morgan fingerprint density at radius 3 is 2.48 bits per heavy atom. The summed E-state index contributed by atoms with van der Waals surface area (Å²) >= 11 is 0. The van der Waals surface area contributed by atoms with E-state index >= 15 is 0 Å². The number of para-hydroxylation sites is 1.